The summed E-state index contributed by atoms with van der Waals surface area (Å²) < 4.78 is 11.4. The Hall–Kier alpha value is -1.10. The van der Waals surface area contributed by atoms with Gasteiger partial charge in [-0.15, -0.1) is 0 Å². The van der Waals surface area contributed by atoms with Crippen LogP contribution >= 0.6 is 0 Å². The molecule has 20 heavy (non-hydrogen) atoms. The van der Waals surface area contributed by atoms with Crippen LogP contribution < -0.4 is 10.5 Å². The Morgan fingerprint density at radius 3 is 2.80 bits per heavy atom. The third-order valence-corrected chi connectivity index (χ3v) is 3.64. The van der Waals surface area contributed by atoms with Crippen LogP contribution in [0, 0.1) is 0 Å². The summed E-state index contributed by atoms with van der Waals surface area (Å²) in [5, 5.41) is 0. The van der Waals surface area contributed by atoms with Crippen LogP contribution in [0.5, 0.6) is 5.75 Å². The van der Waals surface area contributed by atoms with Crippen molar-refractivity contribution >= 4 is 0 Å². The Kier molecular flexibility index (Phi) is 6.30. The molecular weight excluding hydrogens is 252 g/mol. The number of rotatable bonds is 8. The average Bonchev–Trinajstić information content (AvgIpc) is 2.94. The first-order chi connectivity index (χ1) is 9.78. The van der Waals surface area contributed by atoms with Gasteiger partial charge in [0, 0.05) is 19.7 Å². The van der Waals surface area contributed by atoms with Gasteiger partial charge in [0.2, 0.25) is 0 Å². The van der Waals surface area contributed by atoms with Crippen LogP contribution in [0.2, 0.25) is 0 Å². The number of nitrogens with two attached hydrogens (primary N) is 1. The smallest absolute Gasteiger partial charge is 0.119 e. The van der Waals surface area contributed by atoms with E-state index in [2.05, 4.69) is 24.1 Å². The van der Waals surface area contributed by atoms with Crippen LogP contribution in [-0.4, -0.2) is 50.9 Å². The summed E-state index contributed by atoms with van der Waals surface area (Å²) in [4.78, 5) is 2.28. The van der Waals surface area contributed by atoms with Crippen molar-refractivity contribution in [1.82, 2.24) is 4.90 Å². The van der Waals surface area contributed by atoms with Gasteiger partial charge >= 0.3 is 0 Å². The van der Waals surface area contributed by atoms with Crippen molar-refractivity contribution in [2.24, 2.45) is 5.73 Å². The number of likely N-dealkylation sites (N-methyl/N-ethyl adjacent to an activating group) is 1. The quantitative estimate of drug-likeness (QED) is 0.786. The van der Waals surface area contributed by atoms with Crippen molar-refractivity contribution in [2.45, 2.75) is 25.4 Å². The van der Waals surface area contributed by atoms with E-state index in [1.54, 1.807) is 0 Å². The molecule has 0 aromatic heterocycles. The standard InChI is InChI=1S/C16H26N2O2/c1-18(13-16-3-2-11-19-16)10-12-20-15-6-4-14(5-7-15)8-9-17/h4-7,16H,2-3,8-13,17H2,1H3. The van der Waals surface area contributed by atoms with Gasteiger partial charge < -0.3 is 20.1 Å². The van der Waals surface area contributed by atoms with E-state index >= 15 is 0 Å². The zero-order valence-corrected chi connectivity index (χ0v) is 12.4. The molecule has 1 aromatic rings. The van der Waals surface area contributed by atoms with Crippen molar-refractivity contribution in [2.75, 3.05) is 39.9 Å². The second-order valence-corrected chi connectivity index (χ2v) is 5.43. The minimum atomic E-state index is 0.413. The molecule has 0 spiro atoms. The molecule has 1 atom stereocenters. The van der Waals surface area contributed by atoms with Crippen LogP contribution in [0.25, 0.3) is 0 Å². The van der Waals surface area contributed by atoms with E-state index in [-0.39, 0.29) is 0 Å². The maximum absolute atomic E-state index is 5.76. The van der Waals surface area contributed by atoms with E-state index in [0.29, 0.717) is 19.3 Å². The molecule has 112 valence electrons. The molecule has 1 aliphatic heterocycles. The Morgan fingerprint density at radius 1 is 1.35 bits per heavy atom. The third kappa shape index (κ3) is 5.12. The maximum Gasteiger partial charge on any atom is 0.119 e. The van der Waals surface area contributed by atoms with Gasteiger partial charge in [0.1, 0.15) is 12.4 Å². The summed E-state index contributed by atoms with van der Waals surface area (Å²) in [5.41, 5.74) is 6.79. The molecule has 1 fully saturated rings. The number of hydrogen-bond acceptors (Lipinski definition) is 4. The molecular formula is C16H26N2O2. The SMILES string of the molecule is CN(CCOc1ccc(CCN)cc1)CC1CCCO1. The first-order valence-electron chi connectivity index (χ1n) is 7.50. The lowest BCUT2D eigenvalue weighted by Crippen LogP contribution is -2.32. The first-order valence-corrected chi connectivity index (χ1v) is 7.50. The van der Waals surface area contributed by atoms with Gasteiger partial charge in [-0.25, -0.2) is 0 Å². The first kappa shape index (κ1) is 15.3. The fourth-order valence-electron chi connectivity index (χ4n) is 2.47. The predicted molar refractivity (Wildman–Crippen MR) is 81.2 cm³/mol. The molecule has 1 heterocycles. The molecule has 0 radical (unpaired) electrons. The van der Waals surface area contributed by atoms with Gasteiger partial charge in [-0.2, -0.15) is 0 Å². The van der Waals surface area contributed by atoms with Crippen LogP contribution in [0.4, 0.5) is 0 Å². The number of nitrogens with zero attached hydrogens (tertiary/aromatic N) is 1. The van der Waals surface area contributed by atoms with Gasteiger partial charge in [0.15, 0.2) is 0 Å². The van der Waals surface area contributed by atoms with E-state index in [9.17, 15) is 0 Å². The van der Waals surface area contributed by atoms with Crippen LogP contribution in [-0.2, 0) is 11.2 Å². The van der Waals surface area contributed by atoms with Crippen molar-refractivity contribution in [3.05, 3.63) is 29.8 Å². The lowest BCUT2D eigenvalue weighted by molar-refractivity contribution is 0.0771. The van der Waals surface area contributed by atoms with E-state index in [1.807, 2.05) is 12.1 Å². The molecule has 1 unspecified atom stereocenters. The van der Waals surface area contributed by atoms with Crippen molar-refractivity contribution < 1.29 is 9.47 Å². The number of hydrogen-bond donors (Lipinski definition) is 1. The highest BCUT2D eigenvalue weighted by Gasteiger charge is 2.16. The average molecular weight is 278 g/mol. The Balaban J connectivity index is 1.64. The Bertz CT molecular complexity index is 375. The molecule has 0 aliphatic carbocycles. The summed E-state index contributed by atoms with van der Waals surface area (Å²) in [6, 6.07) is 8.20. The van der Waals surface area contributed by atoms with Gasteiger partial charge in [-0.05, 0) is 50.6 Å². The normalized spacial score (nSPS) is 18.6. The summed E-state index contributed by atoms with van der Waals surface area (Å²) in [6.45, 7) is 4.24. The highest BCUT2D eigenvalue weighted by atomic mass is 16.5. The third-order valence-electron chi connectivity index (χ3n) is 3.64. The van der Waals surface area contributed by atoms with E-state index in [0.717, 1.165) is 31.9 Å². The molecule has 4 nitrogen and oxygen atoms in total. The van der Waals surface area contributed by atoms with Crippen LogP contribution in [0.3, 0.4) is 0 Å². The molecule has 2 N–H and O–H groups in total. The second-order valence-electron chi connectivity index (χ2n) is 5.43. The minimum absolute atomic E-state index is 0.413. The molecule has 0 amide bonds. The largest absolute Gasteiger partial charge is 0.492 e. The molecule has 4 heteroatoms. The van der Waals surface area contributed by atoms with Gasteiger partial charge in [0.25, 0.3) is 0 Å². The fourth-order valence-corrected chi connectivity index (χ4v) is 2.47. The fraction of sp³-hybridized carbons (Fsp3) is 0.625. The lowest BCUT2D eigenvalue weighted by atomic mass is 10.1. The van der Waals surface area contributed by atoms with Crippen molar-refractivity contribution in [3.63, 3.8) is 0 Å². The summed E-state index contributed by atoms with van der Waals surface area (Å²) in [7, 11) is 2.12. The number of ether oxygens (including phenoxy) is 2. The summed E-state index contributed by atoms with van der Waals surface area (Å²) in [5.74, 6) is 0.927. The van der Waals surface area contributed by atoms with Crippen LogP contribution in [0.1, 0.15) is 18.4 Å². The number of benzene rings is 1. The van der Waals surface area contributed by atoms with Gasteiger partial charge in [0.05, 0.1) is 6.10 Å². The Morgan fingerprint density at radius 2 is 2.15 bits per heavy atom. The highest BCUT2D eigenvalue weighted by Crippen LogP contribution is 2.14. The zero-order chi connectivity index (χ0) is 14.2. The molecule has 1 aromatic carbocycles. The van der Waals surface area contributed by atoms with Gasteiger partial charge in [-0.3, -0.25) is 0 Å². The van der Waals surface area contributed by atoms with Gasteiger partial charge in [-0.1, -0.05) is 12.1 Å². The Labute approximate surface area is 121 Å². The van der Waals surface area contributed by atoms with E-state index < -0.39 is 0 Å². The lowest BCUT2D eigenvalue weighted by Gasteiger charge is -2.20. The molecule has 2 rings (SSSR count). The summed E-state index contributed by atoms with van der Waals surface area (Å²) >= 11 is 0. The van der Waals surface area contributed by atoms with E-state index in [4.69, 9.17) is 15.2 Å². The zero-order valence-electron chi connectivity index (χ0n) is 12.4. The molecule has 1 saturated heterocycles. The minimum Gasteiger partial charge on any atom is -0.492 e. The molecule has 0 bridgehead atoms. The summed E-state index contributed by atoms with van der Waals surface area (Å²) in [6.07, 6.45) is 3.72. The topological polar surface area (TPSA) is 47.7 Å². The maximum atomic E-state index is 5.76. The predicted octanol–water partition coefficient (Wildman–Crippen LogP) is 1.68. The second kappa shape index (κ2) is 8.25. The van der Waals surface area contributed by atoms with Crippen LogP contribution in [0.15, 0.2) is 24.3 Å². The van der Waals surface area contributed by atoms with Crippen molar-refractivity contribution in [3.8, 4) is 5.75 Å². The molecule has 0 saturated carbocycles. The molecule has 1 aliphatic rings. The van der Waals surface area contributed by atoms with Crippen molar-refractivity contribution in [1.29, 1.82) is 0 Å². The highest BCUT2D eigenvalue weighted by molar-refractivity contribution is 5.27. The monoisotopic (exact) mass is 278 g/mol. The van der Waals surface area contributed by atoms with E-state index in [1.165, 1.54) is 18.4 Å².